The quantitative estimate of drug-likeness (QED) is 0.836. The maximum absolute atomic E-state index is 12.2. The molecule has 0 saturated heterocycles. The van der Waals surface area contributed by atoms with E-state index in [2.05, 4.69) is 22.2 Å². The first-order chi connectivity index (χ1) is 11.0. The van der Waals surface area contributed by atoms with Gasteiger partial charge in [-0.15, -0.1) is 0 Å². The van der Waals surface area contributed by atoms with E-state index >= 15 is 0 Å². The summed E-state index contributed by atoms with van der Waals surface area (Å²) in [7, 11) is 1.76. The molecule has 1 aromatic carbocycles. The molecule has 1 aromatic heterocycles. The lowest BCUT2D eigenvalue weighted by atomic mass is 10.3. The van der Waals surface area contributed by atoms with Crippen LogP contribution in [0.25, 0.3) is 0 Å². The molecule has 2 aromatic rings. The number of carbonyl (C=O) groups excluding carboxylic acids is 1. The summed E-state index contributed by atoms with van der Waals surface area (Å²) in [5, 5.41) is 4.12. The summed E-state index contributed by atoms with van der Waals surface area (Å²) in [6.45, 7) is 2.79. The van der Waals surface area contributed by atoms with Crippen molar-refractivity contribution in [3.63, 3.8) is 0 Å². The number of hydrogen-bond donors (Lipinski definition) is 1. The second-order valence-corrected chi connectivity index (χ2v) is 5.96. The second-order valence-electron chi connectivity index (χ2n) is 5.12. The van der Waals surface area contributed by atoms with Crippen LogP contribution in [0.3, 0.4) is 0 Å². The zero-order valence-corrected chi connectivity index (χ0v) is 14.5. The fraction of sp³-hybridized carbons (Fsp3) is 0.312. The Morgan fingerprint density at radius 1 is 1.26 bits per heavy atom. The summed E-state index contributed by atoms with van der Waals surface area (Å²) in [6, 6.07) is 5.10. The van der Waals surface area contributed by atoms with E-state index in [0.717, 1.165) is 12.8 Å². The van der Waals surface area contributed by atoms with Gasteiger partial charge in [-0.1, -0.05) is 36.5 Å². The zero-order valence-electron chi connectivity index (χ0n) is 13.0. The third-order valence-corrected chi connectivity index (χ3v) is 3.82. The Hall–Kier alpha value is -1.85. The van der Waals surface area contributed by atoms with Crippen LogP contribution in [0.5, 0.6) is 0 Å². The molecule has 122 valence electrons. The molecule has 0 aliphatic rings. The first kappa shape index (κ1) is 17.5. The molecular formula is C16H18Cl2N4O. The Bertz CT molecular complexity index is 676. The number of hydrogen-bond acceptors (Lipinski definition) is 4. The van der Waals surface area contributed by atoms with Crippen LogP contribution in [-0.4, -0.2) is 34.4 Å². The highest BCUT2D eigenvalue weighted by atomic mass is 35.5. The van der Waals surface area contributed by atoms with Crippen LogP contribution in [0.2, 0.25) is 10.0 Å². The van der Waals surface area contributed by atoms with Crippen LogP contribution < -0.4 is 5.32 Å². The topological polar surface area (TPSA) is 58.1 Å². The normalized spacial score (nSPS) is 10.4. The molecule has 2 rings (SSSR count). The fourth-order valence-electron chi connectivity index (χ4n) is 1.93. The fourth-order valence-corrected chi connectivity index (χ4v) is 2.26. The highest BCUT2D eigenvalue weighted by molar-refractivity contribution is 6.35. The van der Waals surface area contributed by atoms with Gasteiger partial charge in [-0.05, 0) is 24.6 Å². The largest absolute Gasteiger partial charge is 0.340 e. The molecule has 0 aliphatic heterocycles. The number of unbranched alkanes of at least 4 members (excludes halogenated alkanes) is 1. The van der Waals surface area contributed by atoms with E-state index in [0.29, 0.717) is 33.8 Å². The van der Waals surface area contributed by atoms with Gasteiger partial charge >= 0.3 is 0 Å². The van der Waals surface area contributed by atoms with Gasteiger partial charge in [0, 0.05) is 18.6 Å². The van der Waals surface area contributed by atoms with Crippen LogP contribution in [0.15, 0.2) is 30.6 Å². The predicted molar refractivity (Wildman–Crippen MR) is 93.6 cm³/mol. The van der Waals surface area contributed by atoms with Crippen LogP contribution >= 0.6 is 23.2 Å². The number of halogens is 2. The van der Waals surface area contributed by atoms with E-state index in [1.165, 1.54) is 12.4 Å². The number of rotatable bonds is 6. The average Bonchev–Trinajstić information content (AvgIpc) is 2.56. The molecule has 0 atom stereocenters. The Morgan fingerprint density at radius 2 is 2.04 bits per heavy atom. The molecule has 0 aliphatic carbocycles. The van der Waals surface area contributed by atoms with Crippen molar-refractivity contribution in [3.05, 3.63) is 46.3 Å². The van der Waals surface area contributed by atoms with E-state index in [9.17, 15) is 4.79 Å². The number of carbonyl (C=O) groups is 1. The van der Waals surface area contributed by atoms with E-state index in [4.69, 9.17) is 23.2 Å². The molecule has 0 fully saturated rings. The van der Waals surface area contributed by atoms with Crippen molar-refractivity contribution in [1.82, 2.24) is 14.9 Å². The molecule has 0 bridgehead atoms. The summed E-state index contributed by atoms with van der Waals surface area (Å²) in [5.41, 5.74) is 0.943. The number of anilines is 2. The highest BCUT2D eigenvalue weighted by Gasteiger charge is 2.13. The van der Waals surface area contributed by atoms with Gasteiger partial charge in [0.1, 0.15) is 11.5 Å². The van der Waals surface area contributed by atoms with Gasteiger partial charge in [0.25, 0.3) is 5.91 Å². The summed E-state index contributed by atoms with van der Waals surface area (Å²) >= 11 is 12.0. The molecule has 0 radical (unpaired) electrons. The zero-order chi connectivity index (χ0) is 16.8. The van der Waals surface area contributed by atoms with Crippen LogP contribution in [0.1, 0.15) is 30.3 Å². The number of amides is 1. The Balaban J connectivity index is 2.07. The summed E-state index contributed by atoms with van der Waals surface area (Å²) in [5.74, 6) is 0.347. The molecule has 7 heteroatoms. The highest BCUT2D eigenvalue weighted by Crippen LogP contribution is 2.27. The van der Waals surface area contributed by atoms with E-state index in [1.54, 1.807) is 30.1 Å². The van der Waals surface area contributed by atoms with Gasteiger partial charge in [0.05, 0.1) is 23.1 Å². The Kier molecular flexibility index (Phi) is 6.19. The van der Waals surface area contributed by atoms with Crippen molar-refractivity contribution >= 4 is 40.6 Å². The molecule has 1 amide bonds. The lowest BCUT2D eigenvalue weighted by Crippen LogP contribution is -2.28. The summed E-state index contributed by atoms with van der Waals surface area (Å²) in [4.78, 5) is 22.2. The molecule has 5 nitrogen and oxygen atoms in total. The lowest BCUT2D eigenvalue weighted by Gasteiger charge is -2.16. The van der Waals surface area contributed by atoms with Crippen LogP contribution in [-0.2, 0) is 0 Å². The minimum Gasteiger partial charge on any atom is -0.340 e. The van der Waals surface area contributed by atoms with Crippen molar-refractivity contribution in [2.45, 2.75) is 19.8 Å². The standard InChI is InChI=1S/C16H18Cl2N4O/c1-3-4-7-22(2)16(23)14-9-20-15(10-19-14)21-13-8-11(17)5-6-12(13)18/h5-6,8-10H,3-4,7H2,1-2H3,(H,20,21). The van der Waals surface area contributed by atoms with Crippen molar-refractivity contribution < 1.29 is 4.79 Å². The first-order valence-electron chi connectivity index (χ1n) is 7.31. The maximum atomic E-state index is 12.2. The molecule has 1 N–H and O–H groups in total. The van der Waals surface area contributed by atoms with Gasteiger partial charge in [-0.25, -0.2) is 9.97 Å². The third-order valence-electron chi connectivity index (χ3n) is 3.26. The third kappa shape index (κ3) is 4.81. The molecule has 1 heterocycles. The molecule has 23 heavy (non-hydrogen) atoms. The molecule has 0 spiro atoms. The van der Waals surface area contributed by atoms with E-state index in [-0.39, 0.29) is 5.91 Å². The number of benzene rings is 1. The van der Waals surface area contributed by atoms with Crippen molar-refractivity contribution in [2.24, 2.45) is 0 Å². The Morgan fingerprint density at radius 3 is 2.70 bits per heavy atom. The number of nitrogens with one attached hydrogen (secondary N) is 1. The molecule has 0 saturated carbocycles. The minimum absolute atomic E-state index is 0.140. The monoisotopic (exact) mass is 352 g/mol. The van der Waals surface area contributed by atoms with Crippen molar-refractivity contribution in [1.29, 1.82) is 0 Å². The lowest BCUT2D eigenvalue weighted by molar-refractivity contribution is 0.0787. The second kappa shape index (κ2) is 8.13. The minimum atomic E-state index is -0.140. The van der Waals surface area contributed by atoms with Crippen LogP contribution in [0.4, 0.5) is 11.5 Å². The molecular weight excluding hydrogens is 335 g/mol. The summed E-state index contributed by atoms with van der Waals surface area (Å²) < 4.78 is 0. The summed E-state index contributed by atoms with van der Waals surface area (Å²) in [6.07, 6.45) is 4.94. The van der Waals surface area contributed by atoms with Gasteiger partial charge in [-0.2, -0.15) is 0 Å². The van der Waals surface area contributed by atoms with E-state index in [1.807, 2.05) is 0 Å². The van der Waals surface area contributed by atoms with Gasteiger partial charge in [0.15, 0.2) is 0 Å². The van der Waals surface area contributed by atoms with Crippen molar-refractivity contribution in [2.75, 3.05) is 18.9 Å². The average molecular weight is 353 g/mol. The van der Waals surface area contributed by atoms with Gasteiger partial charge in [0.2, 0.25) is 0 Å². The Labute approximate surface area is 145 Å². The first-order valence-corrected chi connectivity index (χ1v) is 8.06. The predicted octanol–water partition coefficient (Wildman–Crippen LogP) is 4.40. The number of nitrogens with zero attached hydrogens (tertiary/aromatic N) is 3. The van der Waals surface area contributed by atoms with Gasteiger partial charge < -0.3 is 10.2 Å². The van der Waals surface area contributed by atoms with Crippen molar-refractivity contribution in [3.8, 4) is 0 Å². The molecule has 0 unspecified atom stereocenters. The van der Waals surface area contributed by atoms with Crippen LogP contribution in [0, 0.1) is 0 Å². The van der Waals surface area contributed by atoms with Gasteiger partial charge in [-0.3, -0.25) is 4.79 Å². The number of aromatic nitrogens is 2. The SMILES string of the molecule is CCCCN(C)C(=O)c1cnc(Nc2cc(Cl)ccc2Cl)cn1. The smallest absolute Gasteiger partial charge is 0.273 e. The maximum Gasteiger partial charge on any atom is 0.273 e. The van der Waals surface area contributed by atoms with E-state index < -0.39 is 0 Å².